The maximum Gasteiger partial charge on any atom is 0.245 e. The number of carbonyl (C=O) groups is 2. The lowest BCUT2D eigenvalue weighted by molar-refractivity contribution is -0.123. The highest BCUT2D eigenvalue weighted by Crippen LogP contribution is 2.57. The van der Waals surface area contributed by atoms with E-state index in [4.69, 9.17) is 14.9 Å². The van der Waals surface area contributed by atoms with E-state index < -0.39 is 11.3 Å². The molecule has 0 saturated carbocycles. The molecule has 0 radical (unpaired) electrons. The summed E-state index contributed by atoms with van der Waals surface area (Å²) in [5.41, 5.74) is 6.52. The number of benzene rings is 1. The number of hydrogen-bond acceptors (Lipinski definition) is 6. The molecule has 150 valence electrons. The summed E-state index contributed by atoms with van der Waals surface area (Å²) in [5, 5.41) is 12.8. The number of nitrogens with two attached hydrogens (primary N) is 1. The number of allylic oxidation sites excluding steroid dienone is 1. The van der Waals surface area contributed by atoms with Gasteiger partial charge < -0.3 is 20.2 Å². The zero-order valence-electron chi connectivity index (χ0n) is 15.9. The molecule has 8 heteroatoms. The smallest absolute Gasteiger partial charge is 0.245 e. The Bertz CT molecular complexity index is 1240. The molecule has 2 aliphatic heterocycles. The van der Waals surface area contributed by atoms with Crippen molar-refractivity contribution in [3.63, 3.8) is 0 Å². The van der Waals surface area contributed by atoms with Crippen molar-refractivity contribution < 1.29 is 18.7 Å². The monoisotopic (exact) mass is 465 g/mol. The molecule has 2 atom stereocenters. The van der Waals surface area contributed by atoms with Crippen molar-refractivity contribution >= 4 is 33.3 Å². The van der Waals surface area contributed by atoms with Crippen LogP contribution < -0.4 is 11.1 Å². The first kappa shape index (κ1) is 18.7. The molecule has 0 bridgehead atoms. The summed E-state index contributed by atoms with van der Waals surface area (Å²) >= 11 is 3.57. The van der Waals surface area contributed by atoms with Crippen LogP contribution in [0.25, 0.3) is 0 Å². The highest BCUT2D eigenvalue weighted by atomic mass is 79.9. The van der Waals surface area contributed by atoms with Crippen molar-refractivity contribution in [2.45, 2.75) is 31.1 Å². The van der Waals surface area contributed by atoms with Crippen molar-refractivity contribution in [1.82, 2.24) is 0 Å². The van der Waals surface area contributed by atoms with Gasteiger partial charge in [-0.25, -0.2) is 0 Å². The molecule has 0 saturated heterocycles. The number of ether oxygens (including phenoxy) is 1. The quantitative estimate of drug-likeness (QED) is 0.662. The maximum atomic E-state index is 13.5. The highest BCUT2D eigenvalue weighted by molar-refractivity contribution is 9.10. The number of carbonyl (C=O) groups excluding carboxylic acids is 2. The van der Waals surface area contributed by atoms with Gasteiger partial charge in [0, 0.05) is 34.5 Å². The Morgan fingerprint density at radius 2 is 2.10 bits per heavy atom. The number of Topliss-reactive ketones (excluding diaryl/α,β-unsaturated/α-hetero) is 1. The zero-order chi connectivity index (χ0) is 21.2. The third kappa shape index (κ3) is 2.24. The lowest BCUT2D eigenvalue weighted by Crippen LogP contribution is -2.47. The second-order valence-electron chi connectivity index (χ2n) is 7.62. The van der Waals surface area contributed by atoms with E-state index in [1.807, 2.05) is 19.1 Å². The van der Waals surface area contributed by atoms with E-state index in [0.29, 0.717) is 33.7 Å². The van der Waals surface area contributed by atoms with Crippen molar-refractivity contribution in [2.24, 2.45) is 5.73 Å². The predicted molar refractivity (Wildman–Crippen MR) is 110 cm³/mol. The highest BCUT2D eigenvalue weighted by Gasteiger charge is 2.61. The first-order valence-electron chi connectivity index (χ1n) is 9.39. The molecule has 1 aromatic heterocycles. The van der Waals surface area contributed by atoms with Crippen LogP contribution >= 0.6 is 15.9 Å². The summed E-state index contributed by atoms with van der Waals surface area (Å²) in [5.74, 6) is -0.182. The lowest BCUT2D eigenvalue weighted by Gasteiger charge is -2.38. The van der Waals surface area contributed by atoms with Crippen LogP contribution in [0, 0.1) is 18.3 Å². The molecular formula is C22H16BrN3O4. The number of hydrogen-bond donors (Lipinski definition) is 2. The molecule has 5 rings (SSSR count). The first-order chi connectivity index (χ1) is 14.4. The number of nitrogens with one attached hydrogen (secondary N) is 1. The summed E-state index contributed by atoms with van der Waals surface area (Å²) in [6.45, 7) is 1.88. The fourth-order valence-corrected chi connectivity index (χ4v) is 5.35. The van der Waals surface area contributed by atoms with Gasteiger partial charge in [0.15, 0.2) is 5.78 Å². The number of fused-ring (bicyclic) bond motifs is 3. The third-order valence-electron chi connectivity index (χ3n) is 6.01. The van der Waals surface area contributed by atoms with Crippen molar-refractivity contribution in [2.75, 3.05) is 5.32 Å². The van der Waals surface area contributed by atoms with E-state index in [1.165, 1.54) is 0 Å². The maximum absolute atomic E-state index is 13.5. The number of nitrogens with zero attached hydrogens (tertiary/aromatic N) is 1. The molecule has 1 spiro atoms. The Morgan fingerprint density at radius 1 is 1.30 bits per heavy atom. The van der Waals surface area contributed by atoms with E-state index >= 15 is 0 Å². The number of anilines is 1. The second-order valence-corrected chi connectivity index (χ2v) is 8.41. The van der Waals surface area contributed by atoms with Crippen LogP contribution in [0.3, 0.4) is 0 Å². The number of halogens is 1. The summed E-state index contributed by atoms with van der Waals surface area (Å²) in [7, 11) is 0. The molecule has 0 unspecified atom stereocenters. The van der Waals surface area contributed by atoms with Gasteiger partial charge >= 0.3 is 0 Å². The van der Waals surface area contributed by atoms with E-state index in [0.717, 1.165) is 5.56 Å². The van der Waals surface area contributed by atoms with Crippen LogP contribution in [0.1, 0.15) is 35.6 Å². The number of amides is 1. The van der Waals surface area contributed by atoms with E-state index in [9.17, 15) is 14.9 Å². The van der Waals surface area contributed by atoms with Gasteiger partial charge in [-0.2, -0.15) is 5.26 Å². The molecule has 1 aromatic carbocycles. The van der Waals surface area contributed by atoms with Gasteiger partial charge in [-0.05, 0) is 30.7 Å². The van der Waals surface area contributed by atoms with Gasteiger partial charge in [0.25, 0.3) is 0 Å². The fourth-order valence-electron chi connectivity index (χ4n) is 4.71. The average molecular weight is 466 g/mol. The minimum atomic E-state index is -1.64. The lowest BCUT2D eigenvalue weighted by atomic mass is 9.64. The SMILES string of the molecule is Cc1ccc2c(c1Br)[C@@]1(C(=O)N2)C(C#N)=C(N)OC2=C1C(=O)C[C@H](c1ccco1)C2. The molecule has 3 aliphatic rings. The summed E-state index contributed by atoms with van der Waals surface area (Å²) in [4.78, 5) is 26.9. The Balaban J connectivity index is 1.80. The van der Waals surface area contributed by atoms with Gasteiger partial charge in [-0.3, -0.25) is 9.59 Å². The topological polar surface area (TPSA) is 118 Å². The number of nitriles is 1. The summed E-state index contributed by atoms with van der Waals surface area (Å²) in [6.07, 6.45) is 2.03. The Kier molecular flexibility index (Phi) is 3.95. The van der Waals surface area contributed by atoms with Crippen molar-refractivity contribution in [3.05, 3.63) is 74.7 Å². The number of aryl methyl sites for hydroxylation is 1. The third-order valence-corrected chi connectivity index (χ3v) is 7.03. The van der Waals surface area contributed by atoms with Gasteiger partial charge in [0.1, 0.15) is 28.6 Å². The molecule has 0 fully saturated rings. The summed E-state index contributed by atoms with van der Waals surface area (Å²) < 4.78 is 11.9. The van der Waals surface area contributed by atoms with Crippen LogP contribution in [0.4, 0.5) is 5.69 Å². The zero-order valence-corrected chi connectivity index (χ0v) is 17.5. The van der Waals surface area contributed by atoms with Gasteiger partial charge in [-0.1, -0.05) is 22.0 Å². The van der Waals surface area contributed by atoms with Crippen LogP contribution in [0.5, 0.6) is 0 Å². The predicted octanol–water partition coefficient (Wildman–Crippen LogP) is 3.67. The first-order valence-corrected chi connectivity index (χ1v) is 10.2. The standard InChI is InChI=1S/C22H16BrN3O4/c1-10-4-5-13-17(19(10)23)22(21(28)26-13)12(9-24)20(25)30-16-8-11(7-14(27)18(16)22)15-3-2-6-29-15/h2-6,11H,7-8,25H2,1H3,(H,26,28)/t11-,22-/m0/s1. The van der Waals surface area contributed by atoms with Crippen LogP contribution in [-0.4, -0.2) is 11.7 Å². The molecule has 30 heavy (non-hydrogen) atoms. The molecule has 2 aromatic rings. The van der Waals surface area contributed by atoms with Crippen molar-refractivity contribution in [1.29, 1.82) is 5.26 Å². The van der Waals surface area contributed by atoms with Crippen LogP contribution in [0.2, 0.25) is 0 Å². The molecular weight excluding hydrogens is 450 g/mol. The Hall–Kier alpha value is -3.31. The van der Waals surface area contributed by atoms with Crippen LogP contribution in [0.15, 0.2) is 62.2 Å². The molecule has 1 aliphatic carbocycles. The summed E-state index contributed by atoms with van der Waals surface area (Å²) in [6, 6.07) is 9.22. The molecule has 3 heterocycles. The number of furan rings is 1. The van der Waals surface area contributed by atoms with Gasteiger partial charge in [0.05, 0.1) is 11.8 Å². The van der Waals surface area contributed by atoms with E-state index in [-0.39, 0.29) is 35.2 Å². The molecule has 7 nitrogen and oxygen atoms in total. The fraction of sp³-hybridized carbons (Fsp3) is 0.227. The molecule has 1 amide bonds. The number of ketones is 1. The average Bonchev–Trinajstić information content (AvgIpc) is 3.33. The Morgan fingerprint density at radius 3 is 2.80 bits per heavy atom. The van der Waals surface area contributed by atoms with Gasteiger partial charge in [-0.15, -0.1) is 0 Å². The van der Waals surface area contributed by atoms with Crippen molar-refractivity contribution in [3.8, 4) is 6.07 Å². The largest absolute Gasteiger partial charge is 0.469 e. The van der Waals surface area contributed by atoms with Gasteiger partial charge in [0.2, 0.25) is 11.8 Å². The number of rotatable bonds is 1. The Labute approximate surface area is 180 Å². The molecule has 3 N–H and O–H groups in total. The minimum absolute atomic E-state index is 0.0754. The van der Waals surface area contributed by atoms with E-state index in [2.05, 4.69) is 21.2 Å². The second kappa shape index (κ2) is 6.34. The van der Waals surface area contributed by atoms with Crippen LogP contribution in [-0.2, 0) is 19.7 Å². The normalized spacial score (nSPS) is 25.0. The van der Waals surface area contributed by atoms with E-state index in [1.54, 1.807) is 24.5 Å². The minimum Gasteiger partial charge on any atom is -0.469 e.